The number of nitrogens with one attached hydrogen (secondary N) is 2. The van der Waals surface area contributed by atoms with Gasteiger partial charge in [-0.1, -0.05) is 93.1 Å². The van der Waals surface area contributed by atoms with E-state index in [1.54, 1.807) is 25.7 Å². The van der Waals surface area contributed by atoms with Crippen LogP contribution in [0.1, 0.15) is 115 Å². The molecule has 0 heterocycles. The highest BCUT2D eigenvalue weighted by Crippen LogP contribution is 2.28. The Kier molecular flexibility index (Phi) is 13.7. The Morgan fingerprint density at radius 1 is 0.860 bits per heavy atom. The third-order valence-corrected chi connectivity index (χ3v) is 7.09. The number of hydrogen-bond donors (Lipinski definition) is 2. The molecule has 238 valence electrons. The van der Waals surface area contributed by atoms with Crippen LogP contribution in [0.15, 0.2) is 48.5 Å². The van der Waals surface area contributed by atoms with Gasteiger partial charge in [0.25, 0.3) is 0 Å². The minimum atomic E-state index is -0.923. The third kappa shape index (κ3) is 12.8. The van der Waals surface area contributed by atoms with Crippen molar-refractivity contribution in [2.24, 2.45) is 0 Å². The molecule has 3 amide bonds. The van der Waals surface area contributed by atoms with Crippen molar-refractivity contribution in [2.75, 3.05) is 6.54 Å². The van der Waals surface area contributed by atoms with Crippen LogP contribution >= 0.6 is 0 Å². The summed E-state index contributed by atoms with van der Waals surface area (Å²) in [4.78, 5) is 43.4. The van der Waals surface area contributed by atoms with E-state index < -0.39 is 29.3 Å². The largest absolute Gasteiger partial charge is 0.444 e. The summed E-state index contributed by atoms with van der Waals surface area (Å²) in [5.74, 6) is -0.549. The summed E-state index contributed by atoms with van der Waals surface area (Å²) in [6, 6.07) is 13.8. The second kappa shape index (κ2) is 16.5. The summed E-state index contributed by atoms with van der Waals surface area (Å²) < 4.78 is 5.56. The molecule has 0 saturated heterocycles. The zero-order valence-corrected chi connectivity index (χ0v) is 28.0. The Morgan fingerprint density at radius 2 is 1.49 bits per heavy atom. The summed E-state index contributed by atoms with van der Waals surface area (Å²) in [5, 5.41) is 5.98. The lowest BCUT2D eigenvalue weighted by Crippen LogP contribution is -2.55. The molecule has 7 heteroatoms. The number of carbonyl (C=O) groups is 3. The number of unbranched alkanes of at least 4 members (excludes halogenated alkanes) is 5. The van der Waals surface area contributed by atoms with Gasteiger partial charge in [0.15, 0.2) is 0 Å². The highest BCUT2D eigenvalue weighted by atomic mass is 16.6. The van der Waals surface area contributed by atoms with Crippen molar-refractivity contribution in [3.63, 3.8) is 0 Å². The van der Waals surface area contributed by atoms with E-state index in [1.807, 2.05) is 83.1 Å². The lowest BCUT2D eigenvalue weighted by atomic mass is 9.94. The Morgan fingerprint density at radius 3 is 2.07 bits per heavy atom. The van der Waals surface area contributed by atoms with Gasteiger partial charge >= 0.3 is 6.09 Å². The van der Waals surface area contributed by atoms with Gasteiger partial charge in [0.2, 0.25) is 11.8 Å². The number of ether oxygens (including phenoxy) is 1. The second-order valence-corrected chi connectivity index (χ2v) is 13.7. The van der Waals surface area contributed by atoms with Crippen molar-refractivity contribution < 1.29 is 19.1 Å². The molecular formula is C36H55N3O4. The van der Waals surface area contributed by atoms with Crippen LogP contribution in [0.3, 0.4) is 0 Å². The number of alkyl carbamates (subject to hydrolysis) is 1. The smallest absolute Gasteiger partial charge is 0.408 e. The van der Waals surface area contributed by atoms with Crippen molar-refractivity contribution in [3.8, 4) is 0 Å². The fraction of sp³-hybridized carbons (Fsp3) is 0.583. The third-order valence-electron chi connectivity index (χ3n) is 7.09. The van der Waals surface area contributed by atoms with Gasteiger partial charge in [-0.3, -0.25) is 9.59 Å². The van der Waals surface area contributed by atoms with E-state index >= 15 is 0 Å². The first-order chi connectivity index (χ1) is 20.1. The van der Waals surface area contributed by atoms with Gasteiger partial charge in [-0.25, -0.2) is 4.79 Å². The standard InChI is InChI=1S/C36H55N3O4/c1-10-11-12-13-14-18-23-39(31(32(40)38-35(4,5)6)29-22-21-26(2)24-27(29)3)33(41)30(25-28-19-16-15-17-20-28)37-34(42)43-36(7,8)9/h15-17,19-22,24,30-31H,10-14,18,23,25H2,1-9H3,(H,37,42)(H,38,40). The maximum absolute atomic E-state index is 14.7. The van der Waals surface area contributed by atoms with Crippen LogP contribution in [0, 0.1) is 13.8 Å². The second-order valence-electron chi connectivity index (χ2n) is 13.7. The first-order valence-electron chi connectivity index (χ1n) is 15.8. The maximum Gasteiger partial charge on any atom is 0.408 e. The zero-order chi connectivity index (χ0) is 32.2. The zero-order valence-electron chi connectivity index (χ0n) is 28.0. The van der Waals surface area contributed by atoms with E-state index in [0.29, 0.717) is 6.54 Å². The van der Waals surface area contributed by atoms with Crippen LogP contribution in [-0.4, -0.2) is 46.5 Å². The summed E-state index contributed by atoms with van der Waals surface area (Å²) in [5.41, 5.74) is 2.48. The summed E-state index contributed by atoms with van der Waals surface area (Å²) >= 11 is 0. The molecule has 0 bridgehead atoms. The molecular weight excluding hydrogens is 538 g/mol. The van der Waals surface area contributed by atoms with Crippen LogP contribution in [0.25, 0.3) is 0 Å². The van der Waals surface area contributed by atoms with E-state index in [4.69, 9.17) is 4.74 Å². The Bertz CT molecular complexity index is 1180. The number of hydrogen-bond acceptors (Lipinski definition) is 4. The average molecular weight is 594 g/mol. The molecule has 2 aromatic carbocycles. The summed E-state index contributed by atoms with van der Waals surface area (Å²) in [6.07, 6.45) is 5.87. The van der Waals surface area contributed by atoms with Gasteiger partial charge in [0.05, 0.1) is 0 Å². The Hall–Kier alpha value is -3.35. The summed E-state index contributed by atoms with van der Waals surface area (Å²) in [7, 11) is 0. The number of aryl methyl sites for hydroxylation is 2. The molecule has 0 aliphatic carbocycles. The van der Waals surface area contributed by atoms with Crippen LogP contribution < -0.4 is 10.6 Å². The molecule has 2 unspecified atom stereocenters. The molecule has 0 aliphatic rings. The molecule has 0 radical (unpaired) electrons. The molecule has 0 aromatic heterocycles. The van der Waals surface area contributed by atoms with Crippen molar-refractivity contribution in [1.29, 1.82) is 0 Å². The maximum atomic E-state index is 14.7. The van der Waals surface area contributed by atoms with Crippen molar-refractivity contribution in [2.45, 2.75) is 130 Å². The van der Waals surface area contributed by atoms with Gasteiger partial charge in [0.1, 0.15) is 17.7 Å². The van der Waals surface area contributed by atoms with Gasteiger partial charge in [-0.2, -0.15) is 0 Å². The van der Waals surface area contributed by atoms with Crippen molar-refractivity contribution >= 4 is 17.9 Å². The lowest BCUT2D eigenvalue weighted by Gasteiger charge is -2.36. The molecule has 7 nitrogen and oxygen atoms in total. The Balaban J connectivity index is 2.58. The topological polar surface area (TPSA) is 87.7 Å². The van der Waals surface area contributed by atoms with E-state index in [-0.39, 0.29) is 18.2 Å². The predicted octanol–water partition coefficient (Wildman–Crippen LogP) is 7.58. The fourth-order valence-electron chi connectivity index (χ4n) is 5.15. The molecule has 43 heavy (non-hydrogen) atoms. The highest BCUT2D eigenvalue weighted by Gasteiger charge is 2.37. The quantitative estimate of drug-likeness (QED) is 0.221. The Labute approximate surface area is 260 Å². The molecule has 0 aliphatic heterocycles. The van der Waals surface area contributed by atoms with Gasteiger partial charge in [0, 0.05) is 18.5 Å². The summed E-state index contributed by atoms with van der Waals surface area (Å²) in [6.45, 7) is 17.8. The van der Waals surface area contributed by atoms with E-state index in [2.05, 4.69) is 17.6 Å². The SMILES string of the molecule is CCCCCCCCN(C(=O)C(Cc1ccccc1)NC(=O)OC(C)(C)C)C(C(=O)NC(C)(C)C)c1ccc(C)cc1C. The van der Waals surface area contributed by atoms with Crippen LogP contribution in [0.2, 0.25) is 0 Å². The number of nitrogens with zero attached hydrogens (tertiary/aromatic N) is 1. The van der Waals surface area contributed by atoms with Gasteiger partial charge < -0.3 is 20.3 Å². The van der Waals surface area contributed by atoms with Crippen LogP contribution in [0.5, 0.6) is 0 Å². The van der Waals surface area contributed by atoms with Crippen molar-refractivity contribution in [1.82, 2.24) is 15.5 Å². The highest BCUT2D eigenvalue weighted by molar-refractivity contribution is 5.92. The minimum Gasteiger partial charge on any atom is -0.444 e. The van der Waals surface area contributed by atoms with E-state index in [0.717, 1.165) is 54.4 Å². The van der Waals surface area contributed by atoms with Crippen LogP contribution in [0.4, 0.5) is 4.79 Å². The lowest BCUT2D eigenvalue weighted by molar-refractivity contribution is -0.143. The van der Waals surface area contributed by atoms with E-state index in [1.165, 1.54) is 6.42 Å². The molecule has 0 fully saturated rings. The van der Waals surface area contributed by atoms with Crippen LogP contribution in [-0.2, 0) is 20.7 Å². The molecule has 2 N–H and O–H groups in total. The number of benzene rings is 2. The normalized spacial score (nSPS) is 13.1. The molecule has 2 rings (SSSR count). The molecule has 0 saturated carbocycles. The van der Waals surface area contributed by atoms with Gasteiger partial charge in [-0.05, 0) is 78.5 Å². The number of amides is 3. The predicted molar refractivity (Wildman–Crippen MR) is 175 cm³/mol. The fourth-order valence-corrected chi connectivity index (χ4v) is 5.15. The molecule has 2 atom stereocenters. The number of carbonyl (C=O) groups excluding carboxylic acids is 3. The first-order valence-corrected chi connectivity index (χ1v) is 15.8. The molecule has 2 aromatic rings. The average Bonchev–Trinajstić information content (AvgIpc) is 2.88. The van der Waals surface area contributed by atoms with E-state index in [9.17, 15) is 14.4 Å². The first kappa shape index (κ1) is 35.8. The van der Waals surface area contributed by atoms with Crippen molar-refractivity contribution in [3.05, 3.63) is 70.8 Å². The number of rotatable bonds is 14. The minimum absolute atomic E-state index is 0.241. The monoisotopic (exact) mass is 593 g/mol. The van der Waals surface area contributed by atoms with Gasteiger partial charge in [-0.15, -0.1) is 0 Å². The molecule has 0 spiro atoms.